The smallest absolute Gasteiger partial charge is 0.392 e. The van der Waals surface area contributed by atoms with E-state index < -0.39 is 5.76 Å². The Morgan fingerprint density at radius 2 is 2.00 bits per heavy atom. The lowest BCUT2D eigenvalue weighted by Crippen LogP contribution is -2.28. The van der Waals surface area contributed by atoms with Crippen LogP contribution in [-0.4, -0.2) is 15.8 Å². The van der Waals surface area contributed by atoms with Gasteiger partial charge in [-0.15, -0.1) is 5.10 Å². The molecule has 18 heavy (non-hydrogen) atoms. The van der Waals surface area contributed by atoms with E-state index in [1.165, 1.54) is 4.68 Å². The zero-order valence-electron chi connectivity index (χ0n) is 10.5. The maximum absolute atomic E-state index is 11.7. The highest BCUT2D eigenvalue weighted by atomic mass is 16.4. The van der Waals surface area contributed by atoms with Crippen LogP contribution < -0.4 is 11.5 Å². The molecule has 0 amide bonds. The SMILES string of the molecule is CC(C)[C@H](N)Cc1nn(-c2ccccc2)c(=O)o1. The number of nitrogens with two attached hydrogens (primary N) is 1. The summed E-state index contributed by atoms with van der Waals surface area (Å²) < 4.78 is 6.36. The molecule has 0 unspecified atom stereocenters. The Hall–Kier alpha value is -1.88. The van der Waals surface area contributed by atoms with Gasteiger partial charge in [-0.3, -0.25) is 0 Å². The zero-order chi connectivity index (χ0) is 13.1. The van der Waals surface area contributed by atoms with Crippen molar-refractivity contribution in [2.45, 2.75) is 26.3 Å². The van der Waals surface area contributed by atoms with Crippen molar-refractivity contribution >= 4 is 0 Å². The Morgan fingerprint density at radius 1 is 1.33 bits per heavy atom. The molecule has 1 atom stereocenters. The predicted molar refractivity (Wildman–Crippen MR) is 68.6 cm³/mol. The molecular weight excluding hydrogens is 230 g/mol. The fraction of sp³-hybridized carbons (Fsp3) is 0.385. The number of hydrogen-bond donors (Lipinski definition) is 1. The van der Waals surface area contributed by atoms with Crippen LogP contribution >= 0.6 is 0 Å². The van der Waals surface area contributed by atoms with E-state index in [0.717, 1.165) is 0 Å². The number of aromatic nitrogens is 2. The predicted octanol–water partition coefficient (Wildman–Crippen LogP) is 1.35. The van der Waals surface area contributed by atoms with Gasteiger partial charge in [0, 0.05) is 12.5 Å². The van der Waals surface area contributed by atoms with E-state index in [9.17, 15) is 4.79 Å². The third-order valence-electron chi connectivity index (χ3n) is 2.86. The lowest BCUT2D eigenvalue weighted by atomic mass is 10.0. The molecule has 0 radical (unpaired) electrons. The van der Waals surface area contributed by atoms with Crippen LogP contribution in [0, 0.1) is 5.92 Å². The fourth-order valence-electron chi connectivity index (χ4n) is 1.57. The number of benzene rings is 1. The van der Waals surface area contributed by atoms with Crippen molar-refractivity contribution in [3.63, 3.8) is 0 Å². The molecule has 1 aromatic carbocycles. The van der Waals surface area contributed by atoms with Crippen molar-refractivity contribution in [3.05, 3.63) is 46.8 Å². The number of hydrogen-bond acceptors (Lipinski definition) is 4. The first-order chi connectivity index (χ1) is 8.58. The lowest BCUT2D eigenvalue weighted by Gasteiger charge is -2.12. The molecule has 2 rings (SSSR count). The van der Waals surface area contributed by atoms with Crippen molar-refractivity contribution in [2.24, 2.45) is 11.7 Å². The molecule has 0 saturated carbocycles. The van der Waals surface area contributed by atoms with E-state index in [-0.39, 0.29) is 6.04 Å². The minimum atomic E-state index is -0.479. The van der Waals surface area contributed by atoms with Gasteiger partial charge in [0.1, 0.15) is 0 Å². The van der Waals surface area contributed by atoms with Gasteiger partial charge in [0.05, 0.1) is 5.69 Å². The molecule has 5 heteroatoms. The molecule has 1 aromatic heterocycles. The number of nitrogens with zero attached hydrogens (tertiary/aromatic N) is 2. The first kappa shape index (κ1) is 12.6. The topological polar surface area (TPSA) is 74.0 Å². The molecular formula is C13H17N3O2. The Balaban J connectivity index is 2.26. The summed E-state index contributed by atoms with van der Waals surface area (Å²) in [7, 11) is 0. The van der Waals surface area contributed by atoms with Gasteiger partial charge < -0.3 is 10.2 Å². The van der Waals surface area contributed by atoms with Gasteiger partial charge in [0.15, 0.2) is 0 Å². The highest BCUT2D eigenvalue weighted by molar-refractivity contribution is 5.29. The van der Waals surface area contributed by atoms with Gasteiger partial charge >= 0.3 is 5.76 Å². The Labute approximate surface area is 105 Å². The molecule has 2 aromatic rings. The summed E-state index contributed by atoms with van der Waals surface area (Å²) in [6.45, 7) is 4.05. The van der Waals surface area contributed by atoms with E-state index in [4.69, 9.17) is 10.2 Å². The van der Waals surface area contributed by atoms with Gasteiger partial charge in [-0.1, -0.05) is 32.0 Å². The third-order valence-corrected chi connectivity index (χ3v) is 2.86. The van der Waals surface area contributed by atoms with Gasteiger partial charge in [0.2, 0.25) is 5.89 Å². The summed E-state index contributed by atoms with van der Waals surface area (Å²) in [5.74, 6) is 0.217. The Morgan fingerprint density at radius 3 is 2.61 bits per heavy atom. The molecule has 1 heterocycles. The van der Waals surface area contributed by atoms with Crippen LogP contribution in [0.5, 0.6) is 0 Å². The highest BCUT2D eigenvalue weighted by Crippen LogP contribution is 2.07. The third kappa shape index (κ3) is 2.68. The molecule has 0 fully saturated rings. The summed E-state index contributed by atoms with van der Waals surface area (Å²) in [6.07, 6.45) is 0.465. The summed E-state index contributed by atoms with van der Waals surface area (Å²) in [6, 6.07) is 9.11. The van der Waals surface area contributed by atoms with Gasteiger partial charge in [-0.05, 0) is 18.1 Å². The normalized spacial score (nSPS) is 12.9. The molecule has 2 N–H and O–H groups in total. The van der Waals surface area contributed by atoms with Crippen molar-refractivity contribution in [2.75, 3.05) is 0 Å². The summed E-state index contributed by atoms with van der Waals surface area (Å²) in [5, 5.41) is 4.16. The standard InChI is InChI=1S/C13H17N3O2/c1-9(2)11(14)8-12-15-16(13(17)18-12)10-6-4-3-5-7-10/h3-7,9,11H,8,14H2,1-2H3/t11-/m1/s1. The summed E-state index contributed by atoms with van der Waals surface area (Å²) in [4.78, 5) is 11.7. The van der Waals surface area contributed by atoms with Crippen LogP contribution in [-0.2, 0) is 6.42 Å². The quantitative estimate of drug-likeness (QED) is 0.885. The first-order valence-corrected chi connectivity index (χ1v) is 5.98. The van der Waals surface area contributed by atoms with Crippen molar-refractivity contribution in [1.29, 1.82) is 0 Å². The fourth-order valence-corrected chi connectivity index (χ4v) is 1.57. The van der Waals surface area contributed by atoms with E-state index in [1.54, 1.807) is 12.1 Å². The molecule has 0 bridgehead atoms. The molecule has 0 saturated heterocycles. The van der Waals surface area contributed by atoms with E-state index in [0.29, 0.717) is 23.9 Å². The number of rotatable bonds is 4. The first-order valence-electron chi connectivity index (χ1n) is 5.98. The number of para-hydroxylation sites is 1. The zero-order valence-corrected chi connectivity index (χ0v) is 10.5. The van der Waals surface area contributed by atoms with Crippen LogP contribution in [0.4, 0.5) is 0 Å². The van der Waals surface area contributed by atoms with Crippen LogP contribution in [0.2, 0.25) is 0 Å². The minimum Gasteiger partial charge on any atom is -0.392 e. The highest BCUT2D eigenvalue weighted by Gasteiger charge is 2.15. The Bertz CT molecular complexity index is 557. The van der Waals surface area contributed by atoms with Gasteiger partial charge in [-0.25, -0.2) is 4.79 Å². The maximum Gasteiger partial charge on any atom is 0.441 e. The summed E-state index contributed by atoms with van der Waals surface area (Å²) >= 11 is 0. The molecule has 0 aliphatic heterocycles. The second-order valence-corrected chi connectivity index (χ2v) is 4.62. The average molecular weight is 247 g/mol. The molecule has 0 aliphatic rings. The van der Waals surface area contributed by atoms with Crippen LogP contribution in [0.15, 0.2) is 39.5 Å². The lowest BCUT2D eigenvalue weighted by molar-refractivity contribution is 0.406. The molecule has 5 nitrogen and oxygen atoms in total. The van der Waals surface area contributed by atoms with Gasteiger partial charge in [-0.2, -0.15) is 4.68 Å². The van der Waals surface area contributed by atoms with E-state index >= 15 is 0 Å². The van der Waals surface area contributed by atoms with Gasteiger partial charge in [0.25, 0.3) is 0 Å². The van der Waals surface area contributed by atoms with Crippen LogP contribution in [0.25, 0.3) is 5.69 Å². The Kier molecular flexibility index (Phi) is 3.62. The van der Waals surface area contributed by atoms with E-state index in [2.05, 4.69) is 5.10 Å². The second kappa shape index (κ2) is 5.18. The largest absolute Gasteiger partial charge is 0.441 e. The van der Waals surface area contributed by atoms with Crippen LogP contribution in [0.3, 0.4) is 0 Å². The van der Waals surface area contributed by atoms with E-state index in [1.807, 2.05) is 32.0 Å². The monoisotopic (exact) mass is 247 g/mol. The van der Waals surface area contributed by atoms with Crippen molar-refractivity contribution in [3.8, 4) is 5.69 Å². The molecule has 0 spiro atoms. The van der Waals surface area contributed by atoms with Crippen molar-refractivity contribution < 1.29 is 4.42 Å². The average Bonchev–Trinajstić information content (AvgIpc) is 2.71. The van der Waals surface area contributed by atoms with Crippen molar-refractivity contribution in [1.82, 2.24) is 9.78 Å². The minimum absolute atomic E-state index is 0.0627. The molecule has 0 aliphatic carbocycles. The second-order valence-electron chi connectivity index (χ2n) is 4.62. The molecule has 96 valence electrons. The maximum atomic E-state index is 11.7. The van der Waals surface area contributed by atoms with Crippen LogP contribution in [0.1, 0.15) is 19.7 Å². The summed E-state index contributed by atoms with van der Waals surface area (Å²) in [5.41, 5.74) is 6.63.